The van der Waals surface area contributed by atoms with Crippen LogP contribution < -0.4 is 10.5 Å². The topological polar surface area (TPSA) is 35.2 Å². The number of rotatable bonds is 4. The van der Waals surface area contributed by atoms with E-state index in [-0.39, 0.29) is 0 Å². The minimum atomic E-state index is 0.440. The number of thioether (sulfide) groups is 1. The van der Waals surface area contributed by atoms with Gasteiger partial charge in [-0.15, -0.1) is 11.8 Å². The molecule has 0 aliphatic carbocycles. The summed E-state index contributed by atoms with van der Waals surface area (Å²) in [6.07, 6.45) is 2.03. The molecule has 0 radical (unpaired) electrons. The Morgan fingerprint density at radius 3 is 2.68 bits per heavy atom. The molecule has 2 N–H and O–H groups in total. The lowest BCUT2D eigenvalue weighted by atomic mass is 10.2. The molecule has 0 aliphatic heterocycles. The number of ether oxygens (including phenoxy) is 1. The van der Waals surface area contributed by atoms with Crippen molar-refractivity contribution in [3.63, 3.8) is 0 Å². The average Bonchev–Trinajstić information content (AvgIpc) is 2.42. The van der Waals surface area contributed by atoms with Crippen LogP contribution in [-0.2, 0) is 6.54 Å². The molecule has 4 heteroatoms. The SMILES string of the molecule is CSc1cccc(Oc2cc(C)ccc2Cl)c1CN. The Morgan fingerprint density at radius 1 is 1.21 bits per heavy atom. The molecule has 100 valence electrons. The first-order valence-electron chi connectivity index (χ1n) is 5.95. The summed E-state index contributed by atoms with van der Waals surface area (Å²) in [5.74, 6) is 1.43. The summed E-state index contributed by atoms with van der Waals surface area (Å²) in [4.78, 5) is 1.13. The van der Waals surface area contributed by atoms with E-state index >= 15 is 0 Å². The van der Waals surface area contributed by atoms with Gasteiger partial charge in [0, 0.05) is 17.0 Å². The molecule has 0 atom stereocenters. The average molecular weight is 294 g/mol. The van der Waals surface area contributed by atoms with E-state index in [0.717, 1.165) is 21.8 Å². The van der Waals surface area contributed by atoms with Crippen molar-refractivity contribution < 1.29 is 4.74 Å². The Bertz CT molecular complexity index is 586. The van der Waals surface area contributed by atoms with E-state index in [1.165, 1.54) is 0 Å². The second kappa shape index (κ2) is 6.33. The summed E-state index contributed by atoms with van der Waals surface area (Å²) in [6, 6.07) is 11.6. The normalized spacial score (nSPS) is 10.5. The van der Waals surface area contributed by atoms with Crippen LogP contribution >= 0.6 is 23.4 Å². The summed E-state index contributed by atoms with van der Waals surface area (Å²) in [5.41, 5.74) is 7.94. The van der Waals surface area contributed by atoms with Crippen LogP contribution in [0.25, 0.3) is 0 Å². The molecule has 0 bridgehead atoms. The largest absolute Gasteiger partial charge is 0.455 e. The van der Waals surface area contributed by atoms with Crippen molar-refractivity contribution in [3.8, 4) is 11.5 Å². The summed E-state index contributed by atoms with van der Waals surface area (Å²) in [6.45, 7) is 2.45. The molecule has 0 saturated heterocycles. The van der Waals surface area contributed by atoms with Crippen LogP contribution in [-0.4, -0.2) is 6.26 Å². The second-order valence-electron chi connectivity index (χ2n) is 4.18. The maximum absolute atomic E-state index is 6.15. The highest BCUT2D eigenvalue weighted by atomic mass is 35.5. The zero-order valence-corrected chi connectivity index (χ0v) is 12.5. The van der Waals surface area contributed by atoms with Crippen molar-refractivity contribution in [2.45, 2.75) is 18.4 Å². The summed E-state index contributed by atoms with van der Waals surface area (Å²) in [5, 5.41) is 0.600. The van der Waals surface area contributed by atoms with Gasteiger partial charge in [-0.3, -0.25) is 0 Å². The molecule has 2 aromatic carbocycles. The molecule has 0 fully saturated rings. The number of halogens is 1. The van der Waals surface area contributed by atoms with Crippen LogP contribution in [0.2, 0.25) is 5.02 Å². The van der Waals surface area contributed by atoms with E-state index < -0.39 is 0 Å². The monoisotopic (exact) mass is 293 g/mol. The molecule has 2 nitrogen and oxygen atoms in total. The number of nitrogens with two attached hydrogens (primary N) is 1. The number of hydrogen-bond acceptors (Lipinski definition) is 3. The molecule has 0 saturated carbocycles. The Morgan fingerprint density at radius 2 is 2.00 bits per heavy atom. The zero-order valence-electron chi connectivity index (χ0n) is 10.9. The third kappa shape index (κ3) is 3.24. The van der Waals surface area contributed by atoms with E-state index in [1.54, 1.807) is 11.8 Å². The third-order valence-corrected chi connectivity index (χ3v) is 3.96. The maximum Gasteiger partial charge on any atom is 0.146 e. The lowest BCUT2D eigenvalue weighted by Crippen LogP contribution is -2.01. The molecule has 0 amide bonds. The van der Waals surface area contributed by atoms with E-state index in [9.17, 15) is 0 Å². The van der Waals surface area contributed by atoms with Gasteiger partial charge in [0.15, 0.2) is 0 Å². The predicted octanol–water partition coefficient (Wildman–Crippen LogP) is 4.62. The van der Waals surface area contributed by atoms with E-state index in [1.807, 2.05) is 49.6 Å². The molecule has 0 unspecified atom stereocenters. The standard InChI is InChI=1S/C15H16ClNOS/c1-10-6-7-12(16)14(8-10)18-13-4-3-5-15(19-2)11(13)9-17/h3-8H,9,17H2,1-2H3. The molecule has 2 rings (SSSR count). The van der Waals surface area contributed by atoms with Gasteiger partial charge in [0.05, 0.1) is 5.02 Å². The van der Waals surface area contributed by atoms with Crippen molar-refractivity contribution in [2.24, 2.45) is 5.73 Å². The van der Waals surface area contributed by atoms with Crippen molar-refractivity contribution in [1.29, 1.82) is 0 Å². The minimum absolute atomic E-state index is 0.440. The summed E-state index contributed by atoms with van der Waals surface area (Å²) in [7, 11) is 0. The maximum atomic E-state index is 6.15. The van der Waals surface area contributed by atoms with Gasteiger partial charge in [-0.1, -0.05) is 23.7 Å². The van der Waals surface area contributed by atoms with E-state index in [0.29, 0.717) is 17.3 Å². The molecule has 0 aromatic heterocycles. The van der Waals surface area contributed by atoms with Crippen molar-refractivity contribution in [1.82, 2.24) is 0 Å². The van der Waals surface area contributed by atoms with E-state index in [4.69, 9.17) is 22.1 Å². The van der Waals surface area contributed by atoms with Crippen molar-refractivity contribution in [2.75, 3.05) is 6.26 Å². The Kier molecular flexibility index (Phi) is 4.75. The van der Waals surface area contributed by atoms with Crippen LogP contribution in [0.5, 0.6) is 11.5 Å². The minimum Gasteiger partial charge on any atom is -0.455 e. The lowest BCUT2D eigenvalue weighted by molar-refractivity contribution is 0.474. The number of benzene rings is 2. The van der Waals surface area contributed by atoms with Gasteiger partial charge in [0.2, 0.25) is 0 Å². The third-order valence-electron chi connectivity index (χ3n) is 2.82. The fourth-order valence-electron chi connectivity index (χ4n) is 1.84. The molecule has 0 spiro atoms. The highest BCUT2D eigenvalue weighted by Gasteiger charge is 2.10. The Labute approximate surface area is 122 Å². The van der Waals surface area contributed by atoms with Gasteiger partial charge in [-0.05, 0) is 43.0 Å². The summed E-state index contributed by atoms with van der Waals surface area (Å²) < 4.78 is 5.93. The van der Waals surface area contributed by atoms with Crippen molar-refractivity contribution >= 4 is 23.4 Å². The van der Waals surface area contributed by atoms with Crippen LogP contribution in [0.4, 0.5) is 0 Å². The van der Waals surface area contributed by atoms with Gasteiger partial charge < -0.3 is 10.5 Å². The van der Waals surface area contributed by atoms with Crippen LogP contribution in [0.1, 0.15) is 11.1 Å². The van der Waals surface area contributed by atoms with Gasteiger partial charge in [0.25, 0.3) is 0 Å². The van der Waals surface area contributed by atoms with Crippen LogP contribution in [0, 0.1) is 6.92 Å². The van der Waals surface area contributed by atoms with Crippen molar-refractivity contribution in [3.05, 3.63) is 52.5 Å². The second-order valence-corrected chi connectivity index (χ2v) is 5.43. The molecule has 0 aliphatic rings. The van der Waals surface area contributed by atoms with Gasteiger partial charge in [0.1, 0.15) is 11.5 Å². The molecule has 19 heavy (non-hydrogen) atoms. The van der Waals surface area contributed by atoms with Gasteiger partial charge in [-0.2, -0.15) is 0 Å². The molecule has 0 heterocycles. The van der Waals surface area contributed by atoms with Crippen LogP contribution in [0.3, 0.4) is 0 Å². The van der Waals surface area contributed by atoms with E-state index in [2.05, 4.69) is 0 Å². The lowest BCUT2D eigenvalue weighted by Gasteiger charge is -2.14. The first-order valence-corrected chi connectivity index (χ1v) is 7.56. The Hall–Kier alpha value is -1.16. The first-order chi connectivity index (χ1) is 9.15. The fraction of sp³-hybridized carbons (Fsp3) is 0.200. The first kappa shape index (κ1) is 14.3. The zero-order chi connectivity index (χ0) is 13.8. The Balaban J connectivity index is 2.40. The highest BCUT2D eigenvalue weighted by molar-refractivity contribution is 7.98. The summed E-state index contributed by atoms with van der Waals surface area (Å²) >= 11 is 7.81. The highest BCUT2D eigenvalue weighted by Crippen LogP contribution is 2.35. The molecular formula is C15H16ClNOS. The number of hydrogen-bond donors (Lipinski definition) is 1. The molecular weight excluding hydrogens is 278 g/mol. The van der Waals surface area contributed by atoms with Crippen LogP contribution in [0.15, 0.2) is 41.3 Å². The fourth-order valence-corrected chi connectivity index (χ4v) is 2.64. The number of aryl methyl sites for hydroxylation is 1. The van der Waals surface area contributed by atoms with Gasteiger partial charge in [-0.25, -0.2) is 0 Å². The molecule has 2 aromatic rings. The van der Waals surface area contributed by atoms with Gasteiger partial charge >= 0.3 is 0 Å². The smallest absolute Gasteiger partial charge is 0.146 e. The predicted molar refractivity (Wildman–Crippen MR) is 82.4 cm³/mol. The quantitative estimate of drug-likeness (QED) is 0.835.